The fourth-order valence-corrected chi connectivity index (χ4v) is 2.95. The van der Waals surface area contributed by atoms with Crippen LogP contribution in [0.2, 0.25) is 0 Å². The largest absolute Gasteiger partial charge is 0.366 e. The minimum Gasteiger partial charge on any atom is -0.366 e. The number of para-hydroxylation sites is 1. The first-order valence-corrected chi connectivity index (χ1v) is 8.79. The molecule has 0 aliphatic heterocycles. The minimum atomic E-state index is 0.303. The van der Waals surface area contributed by atoms with Crippen molar-refractivity contribution in [3.8, 4) is 0 Å². The molecule has 128 valence electrons. The van der Waals surface area contributed by atoms with Gasteiger partial charge in [-0.25, -0.2) is 4.99 Å². The van der Waals surface area contributed by atoms with Crippen molar-refractivity contribution in [1.82, 2.24) is 9.88 Å². The number of rotatable bonds is 5. The molecule has 1 aromatic heterocycles. The summed E-state index contributed by atoms with van der Waals surface area (Å²) in [6.45, 7) is 7.31. The Kier molecular flexibility index (Phi) is 5.13. The Morgan fingerprint density at radius 3 is 2.60 bits per heavy atom. The molecule has 3 heteroatoms. The second kappa shape index (κ2) is 7.47. The van der Waals surface area contributed by atoms with E-state index in [0.29, 0.717) is 5.92 Å². The summed E-state index contributed by atoms with van der Waals surface area (Å²) in [6, 6.07) is 19.1. The van der Waals surface area contributed by atoms with Gasteiger partial charge in [-0.15, -0.1) is 0 Å². The van der Waals surface area contributed by atoms with Crippen LogP contribution in [0.1, 0.15) is 36.6 Å². The Bertz CT molecular complexity index is 884. The Morgan fingerprint density at radius 2 is 1.88 bits per heavy atom. The second-order valence-electron chi connectivity index (χ2n) is 6.46. The smallest absolute Gasteiger partial charge is 0.0910 e. The number of pyridine rings is 1. The second-order valence-corrected chi connectivity index (χ2v) is 6.46. The first-order valence-electron chi connectivity index (χ1n) is 8.79. The van der Waals surface area contributed by atoms with E-state index in [-0.39, 0.29) is 0 Å². The molecule has 3 nitrogen and oxygen atoms in total. The topological polar surface area (TPSA) is 28.5 Å². The van der Waals surface area contributed by atoms with Crippen molar-refractivity contribution >= 4 is 22.9 Å². The molecule has 0 radical (unpaired) electrons. The number of aromatic nitrogens is 1. The SMILES string of the molecule is CCN(C)/C=N/c1cc2cccc(C(C)c3ccccc3)c2nc1C. The van der Waals surface area contributed by atoms with Crippen LogP contribution in [0.3, 0.4) is 0 Å². The Hall–Kier alpha value is -2.68. The molecule has 0 aliphatic rings. The van der Waals surface area contributed by atoms with Gasteiger partial charge in [0.1, 0.15) is 0 Å². The van der Waals surface area contributed by atoms with Gasteiger partial charge in [-0.3, -0.25) is 4.98 Å². The van der Waals surface area contributed by atoms with Crippen LogP contribution in [0.5, 0.6) is 0 Å². The van der Waals surface area contributed by atoms with Crippen molar-refractivity contribution in [2.24, 2.45) is 4.99 Å². The zero-order chi connectivity index (χ0) is 17.8. The van der Waals surface area contributed by atoms with E-state index in [1.165, 1.54) is 11.1 Å². The molecule has 0 fully saturated rings. The van der Waals surface area contributed by atoms with E-state index in [1.54, 1.807) is 0 Å². The molecule has 0 saturated carbocycles. The van der Waals surface area contributed by atoms with Gasteiger partial charge in [-0.1, -0.05) is 55.5 Å². The third kappa shape index (κ3) is 3.71. The van der Waals surface area contributed by atoms with Crippen molar-refractivity contribution < 1.29 is 0 Å². The number of aliphatic imine (C=N–C) groups is 1. The summed E-state index contributed by atoms with van der Waals surface area (Å²) in [6.07, 6.45) is 1.87. The molecule has 0 saturated heterocycles. The molecule has 3 aromatic rings. The number of fused-ring (bicyclic) bond motifs is 1. The number of benzene rings is 2. The van der Waals surface area contributed by atoms with E-state index in [4.69, 9.17) is 4.98 Å². The van der Waals surface area contributed by atoms with Gasteiger partial charge < -0.3 is 4.90 Å². The number of nitrogens with zero attached hydrogens (tertiary/aromatic N) is 3. The van der Waals surface area contributed by atoms with Crippen LogP contribution in [0.15, 0.2) is 59.6 Å². The van der Waals surface area contributed by atoms with Gasteiger partial charge in [0.2, 0.25) is 0 Å². The van der Waals surface area contributed by atoms with Crippen LogP contribution < -0.4 is 0 Å². The highest BCUT2D eigenvalue weighted by Crippen LogP contribution is 2.31. The van der Waals surface area contributed by atoms with Gasteiger partial charge in [-0.05, 0) is 31.0 Å². The van der Waals surface area contributed by atoms with Crippen LogP contribution in [0, 0.1) is 6.92 Å². The van der Waals surface area contributed by atoms with Gasteiger partial charge in [0.25, 0.3) is 0 Å². The molecule has 0 spiro atoms. The summed E-state index contributed by atoms with van der Waals surface area (Å²) in [5, 5.41) is 1.14. The predicted molar refractivity (Wildman–Crippen MR) is 107 cm³/mol. The molecule has 0 N–H and O–H groups in total. The molecular weight excluding hydrogens is 306 g/mol. The third-order valence-electron chi connectivity index (χ3n) is 4.70. The van der Waals surface area contributed by atoms with Gasteiger partial charge in [-0.2, -0.15) is 0 Å². The summed E-state index contributed by atoms with van der Waals surface area (Å²) >= 11 is 0. The predicted octanol–water partition coefficient (Wildman–Crippen LogP) is 5.31. The molecule has 1 heterocycles. The van der Waals surface area contributed by atoms with Gasteiger partial charge in [0.05, 0.1) is 23.2 Å². The maximum atomic E-state index is 4.89. The molecular formula is C22H25N3. The quantitative estimate of drug-likeness (QED) is 0.468. The molecule has 1 atom stereocenters. The fraction of sp³-hybridized carbons (Fsp3) is 0.273. The van der Waals surface area contributed by atoms with Crippen molar-refractivity contribution in [2.45, 2.75) is 26.7 Å². The van der Waals surface area contributed by atoms with E-state index < -0.39 is 0 Å². The van der Waals surface area contributed by atoms with Gasteiger partial charge >= 0.3 is 0 Å². The molecule has 0 aliphatic carbocycles. The number of hydrogen-bond acceptors (Lipinski definition) is 2. The molecule has 2 aromatic carbocycles. The first-order chi connectivity index (χ1) is 12.1. The fourth-order valence-electron chi connectivity index (χ4n) is 2.95. The summed E-state index contributed by atoms with van der Waals surface area (Å²) in [4.78, 5) is 11.5. The summed E-state index contributed by atoms with van der Waals surface area (Å²) in [5.41, 5.74) is 5.52. The first kappa shape index (κ1) is 17.2. The lowest BCUT2D eigenvalue weighted by molar-refractivity contribution is 0.552. The maximum Gasteiger partial charge on any atom is 0.0910 e. The summed E-state index contributed by atoms with van der Waals surface area (Å²) in [7, 11) is 2.02. The van der Waals surface area contributed by atoms with Crippen molar-refractivity contribution in [1.29, 1.82) is 0 Å². The highest BCUT2D eigenvalue weighted by molar-refractivity contribution is 5.86. The van der Waals surface area contributed by atoms with Crippen molar-refractivity contribution in [3.63, 3.8) is 0 Å². The highest BCUT2D eigenvalue weighted by Gasteiger charge is 2.13. The van der Waals surface area contributed by atoms with E-state index in [1.807, 2.05) is 20.3 Å². The molecule has 0 bridgehead atoms. The lowest BCUT2D eigenvalue weighted by Crippen LogP contribution is -2.14. The maximum absolute atomic E-state index is 4.89. The number of aryl methyl sites for hydroxylation is 1. The molecule has 0 amide bonds. The van der Waals surface area contributed by atoms with Gasteiger partial charge in [0, 0.05) is 24.9 Å². The normalized spacial score (nSPS) is 12.6. The Balaban J connectivity index is 2.05. The average molecular weight is 331 g/mol. The van der Waals surface area contributed by atoms with Crippen molar-refractivity contribution in [2.75, 3.05) is 13.6 Å². The van der Waals surface area contributed by atoms with Crippen molar-refractivity contribution in [3.05, 3.63) is 71.4 Å². The average Bonchev–Trinajstić information content (AvgIpc) is 2.65. The van der Waals surface area contributed by atoms with Crippen LogP contribution >= 0.6 is 0 Å². The van der Waals surface area contributed by atoms with Crippen LogP contribution in [0.4, 0.5) is 5.69 Å². The molecule has 25 heavy (non-hydrogen) atoms. The number of hydrogen-bond donors (Lipinski definition) is 0. The zero-order valence-electron chi connectivity index (χ0n) is 15.4. The summed E-state index contributed by atoms with van der Waals surface area (Å²) in [5.74, 6) is 0.303. The lowest BCUT2D eigenvalue weighted by Gasteiger charge is -2.16. The van der Waals surface area contributed by atoms with Crippen LogP contribution in [0.25, 0.3) is 10.9 Å². The Labute approximate surface area is 150 Å². The molecule has 1 unspecified atom stereocenters. The van der Waals surface area contributed by atoms with E-state index in [2.05, 4.69) is 78.3 Å². The van der Waals surface area contributed by atoms with Crippen LogP contribution in [-0.2, 0) is 0 Å². The van der Waals surface area contributed by atoms with E-state index >= 15 is 0 Å². The lowest BCUT2D eigenvalue weighted by atomic mass is 9.91. The monoisotopic (exact) mass is 331 g/mol. The third-order valence-corrected chi connectivity index (χ3v) is 4.70. The minimum absolute atomic E-state index is 0.303. The standard InChI is InChI=1S/C22H25N3/c1-5-25(4)15-23-21-14-19-12-9-13-20(22(19)24-17(21)3)16(2)18-10-7-6-8-11-18/h6-16H,5H2,1-4H3/b23-15+. The zero-order valence-corrected chi connectivity index (χ0v) is 15.4. The van der Waals surface area contributed by atoms with E-state index in [9.17, 15) is 0 Å². The van der Waals surface area contributed by atoms with E-state index in [0.717, 1.165) is 28.8 Å². The molecule has 3 rings (SSSR count). The highest BCUT2D eigenvalue weighted by atomic mass is 15.1. The van der Waals surface area contributed by atoms with Crippen LogP contribution in [-0.4, -0.2) is 29.8 Å². The van der Waals surface area contributed by atoms with Gasteiger partial charge in [0.15, 0.2) is 0 Å². The Morgan fingerprint density at radius 1 is 1.12 bits per heavy atom. The summed E-state index contributed by atoms with van der Waals surface area (Å²) < 4.78 is 0.